The molecule has 1 aromatic carbocycles. The van der Waals surface area contributed by atoms with Gasteiger partial charge in [-0.15, -0.1) is 0 Å². The van der Waals surface area contributed by atoms with Gasteiger partial charge in [-0.1, -0.05) is 30.3 Å². The normalized spacial score (nSPS) is 13.9. The van der Waals surface area contributed by atoms with Gasteiger partial charge in [0.05, 0.1) is 6.26 Å². The van der Waals surface area contributed by atoms with E-state index >= 15 is 0 Å². The summed E-state index contributed by atoms with van der Waals surface area (Å²) < 4.78 is 30.3. The van der Waals surface area contributed by atoms with Crippen molar-refractivity contribution in [2.45, 2.75) is 32.4 Å². The average molecular weight is 285 g/mol. The van der Waals surface area contributed by atoms with Crippen LogP contribution in [-0.2, 0) is 19.6 Å². The van der Waals surface area contributed by atoms with Gasteiger partial charge in [-0.05, 0) is 26.3 Å². The maximum Gasteiger partial charge on any atom is 0.329 e. The number of carbonyl (C=O) groups is 1. The third-order valence-electron chi connectivity index (χ3n) is 2.11. The Balaban J connectivity index is 3.03. The first-order valence-corrected chi connectivity index (χ1v) is 7.73. The fourth-order valence-corrected chi connectivity index (χ4v) is 2.13. The number of esters is 1. The van der Waals surface area contributed by atoms with Crippen molar-refractivity contribution >= 4 is 16.0 Å². The van der Waals surface area contributed by atoms with E-state index in [1.165, 1.54) is 0 Å². The molecule has 106 valence electrons. The molecule has 0 aliphatic carbocycles. The molecule has 5 nitrogen and oxygen atoms in total. The maximum atomic E-state index is 12.1. The summed E-state index contributed by atoms with van der Waals surface area (Å²) >= 11 is 0. The number of nitrogens with one attached hydrogen (secondary N) is 1. The smallest absolute Gasteiger partial charge is 0.329 e. The predicted octanol–water partition coefficient (Wildman–Crippen LogP) is 1.62. The number of rotatable bonds is 4. The Kier molecular flexibility index (Phi) is 4.70. The monoisotopic (exact) mass is 285 g/mol. The van der Waals surface area contributed by atoms with Crippen molar-refractivity contribution in [3.8, 4) is 0 Å². The van der Waals surface area contributed by atoms with Crippen LogP contribution in [0.15, 0.2) is 30.3 Å². The third-order valence-corrected chi connectivity index (χ3v) is 2.77. The van der Waals surface area contributed by atoms with Crippen LogP contribution in [0.1, 0.15) is 32.4 Å². The van der Waals surface area contributed by atoms with Gasteiger partial charge in [0, 0.05) is 0 Å². The Morgan fingerprint density at radius 3 is 2.16 bits per heavy atom. The number of benzene rings is 1. The minimum atomic E-state index is -3.52. The van der Waals surface area contributed by atoms with Crippen molar-refractivity contribution < 1.29 is 17.9 Å². The van der Waals surface area contributed by atoms with Crippen molar-refractivity contribution in [1.82, 2.24) is 4.72 Å². The molecule has 0 unspecified atom stereocenters. The van der Waals surface area contributed by atoms with Crippen molar-refractivity contribution in [1.29, 1.82) is 0 Å². The second-order valence-corrected chi connectivity index (χ2v) is 7.05. The van der Waals surface area contributed by atoms with Crippen LogP contribution in [-0.4, -0.2) is 26.2 Å². The molecule has 0 saturated heterocycles. The first kappa shape index (κ1) is 15.7. The van der Waals surface area contributed by atoms with Crippen LogP contribution in [0.25, 0.3) is 0 Å². The molecule has 0 spiro atoms. The van der Waals surface area contributed by atoms with E-state index in [-0.39, 0.29) is 0 Å². The summed E-state index contributed by atoms with van der Waals surface area (Å²) in [6, 6.07) is 7.57. The van der Waals surface area contributed by atoms with E-state index in [0.29, 0.717) is 5.56 Å². The minimum Gasteiger partial charge on any atom is -0.459 e. The van der Waals surface area contributed by atoms with Gasteiger partial charge in [0.25, 0.3) is 0 Å². The molecule has 0 bridgehead atoms. The van der Waals surface area contributed by atoms with Crippen LogP contribution < -0.4 is 4.72 Å². The highest BCUT2D eigenvalue weighted by Gasteiger charge is 2.28. The van der Waals surface area contributed by atoms with Crippen LogP contribution in [0.4, 0.5) is 0 Å². The van der Waals surface area contributed by atoms with E-state index in [1.807, 2.05) is 0 Å². The zero-order valence-electron chi connectivity index (χ0n) is 11.5. The predicted molar refractivity (Wildman–Crippen MR) is 73.0 cm³/mol. The lowest BCUT2D eigenvalue weighted by molar-refractivity contribution is -0.157. The van der Waals surface area contributed by atoms with E-state index in [4.69, 9.17) is 4.74 Å². The van der Waals surface area contributed by atoms with Gasteiger partial charge in [0.1, 0.15) is 11.6 Å². The van der Waals surface area contributed by atoms with E-state index in [1.54, 1.807) is 51.1 Å². The molecular weight excluding hydrogens is 266 g/mol. The van der Waals surface area contributed by atoms with Crippen LogP contribution in [0.3, 0.4) is 0 Å². The van der Waals surface area contributed by atoms with Gasteiger partial charge in [-0.25, -0.2) is 13.2 Å². The molecule has 1 atom stereocenters. The number of hydrogen-bond donors (Lipinski definition) is 1. The van der Waals surface area contributed by atoms with Crippen molar-refractivity contribution in [2.75, 3.05) is 6.26 Å². The van der Waals surface area contributed by atoms with Crippen molar-refractivity contribution in [2.24, 2.45) is 0 Å². The van der Waals surface area contributed by atoms with Gasteiger partial charge in [0.15, 0.2) is 0 Å². The van der Waals surface area contributed by atoms with E-state index < -0.39 is 27.6 Å². The van der Waals surface area contributed by atoms with Gasteiger partial charge in [-0.3, -0.25) is 0 Å². The van der Waals surface area contributed by atoms with Crippen molar-refractivity contribution in [3.63, 3.8) is 0 Å². The first-order chi connectivity index (χ1) is 8.58. The van der Waals surface area contributed by atoms with Crippen LogP contribution >= 0.6 is 0 Å². The first-order valence-electron chi connectivity index (χ1n) is 5.83. The van der Waals surface area contributed by atoms with Crippen molar-refractivity contribution in [3.05, 3.63) is 35.9 Å². The summed E-state index contributed by atoms with van der Waals surface area (Å²) in [6.07, 6.45) is 1.01. The van der Waals surface area contributed by atoms with Crippen LogP contribution in [0.2, 0.25) is 0 Å². The topological polar surface area (TPSA) is 72.5 Å². The molecule has 1 aromatic rings. The molecule has 0 aliphatic rings. The molecule has 0 amide bonds. The number of hydrogen-bond acceptors (Lipinski definition) is 4. The summed E-state index contributed by atoms with van der Waals surface area (Å²) in [6.45, 7) is 5.19. The summed E-state index contributed by atoms with van der Waals surface area (Å²) in [7, 11) is -3.52. The lowest BCUT2D eigenvalue weighted by Gasteiger charge is -2.24. The second kappa shape index (κ2) is 5.71. The highest BCUT2D eigenvalue weighted by Crippen LogP contribution is 2.19. The molecule has 6 heteroatoms. The minimum absolute atomic E-state index is 0.544. The maximum absolute atomic E-state index is 12.1. The average Bonchev–Trinajstić information content (AvgIpc) is 2.23. The van der Waals surface area contributed by atoms with E-state index in [9.17, 15) is 13.2 Å². The molecule has 0 heterocycles. The standard InChI is InChI=1S/C13H19NO4S/c1-13(2,3)18-12(15)11(14-19(4,16)17)10-8-6-5-7-9-10/h5-9,11,14H,1-4H3/t11-/m1/s1. The zero-order chi connectivity index (χ0) is 14.7. The Morgan fingerprint density at radius 2 is 1.74 bits per heavy atom. The molecule has 1 N–H and O–H groups in total. The fourth-order valence-electron chi connectivity index (χ4n) is 1.47. The van der Waals surface area contributed by atoms with E-state index in [0.717, 1.165) is 6.26 Å². The second-order valence-electron chi connectivity index (χ2n) is 5.27. The SMILES string of the molecule is CC(C)(C)OC(=O)[C@H](NS(C)(=O)=O)c1ccccc1. The summed E-state index contributed by atoms with van der Waals surface area (Å²) in [4.78, 5) is 12.1. The summed E-state index contributed by atoms with van der Waals surface area (Å²) in [5.74, 6) is -0.621. The molecule has 0 aliphatic heterocycles. The highest BCUT2D eigenvalue weighted by atomic mass is 32.2. The van der Waals surface area contributed by atoms with Gasteiger partial charge in [-0.2, -0.15) is 4.72 Å². The summed E-state index contributed by atoms with van der Waals surface area (Å²) in [5.41, 5.74) is -0.134. The number of sulfonamides is 1. The summed E-state index contributed by atoms with van der Waals surface area (Å²) in [5, 5.41) is 0. The molecule has 19 heavy (non-hydrogen) atoms. The van der Waals surface area contributed by atoms with Gasteiger partial charge >= 0.3 is 5.97 Å². The quantitative estimate of drug-likeness (QED) is 0.853. The molecular formula is C13H19NO4S. The Labute approximate surface area is 114 Å². The molecule has 0 aromatic heterocycles. The van der Waals surface area contributed by atoms with Gasteiger partial charge < -0.3 is 4.74 Å². The highest BCUT2D eigenvalue weighted by molar-refractivity contribution is 7.88. The number of ether oxygens (including phenoxy) is 1. The lowest BCUT2D eigenvalue weighted by Crippen LogP contribution is -2.37. The lowest BCUT2D eigenvalue weighted by atomic mass is 10.1. The van der Waals surface area contributed by atoms with Gasteiger partial charge in [0.2, 0.25) is 10.0 Å². The third kappa shape index (κ3) is 5.85. The van der Waals surface area contributed by atoms with Crippen LogP contribution in [0.5, 0.6) is 0 Å². The fraction of sp³-hybridized carbons (Fsp3) is 0.462. The Hall–Kier alpha value is -1.40. The zero-order valence-corrected chi connectivity index (χ0v) is 12.3. The number of carbonyl (C=O) groups excluding carboxylic acids is 1. The largest absolute Gasteiger partial charge is 0.459 e. The molecule has 1 rings (SSSR count). The van der Waals surface area contributed by atoms with Crippen LogP contribution in [0, 0.1) is 0 Å². The van der Waals surface area contributed by atoms with E-state index in [2.05, 4.69) is 4.72 Å². The molecule has 0 fully saturated rings. The Morgan fingerprint density at radius 1 is 1.21 bits per heavy atom. The molecule has 0 saturated carbocycles. The Bertz CT molecular complexity index is 532. The molecule has 0 radical (unpaired) electrons.